The lowest BCUT2D eigenvalue weighted by atomic mass is 10.2. The molecule has 0 bridgehead atoms. The fraction of sp³-hybridized carbons (Fsp3) is 0.300. The van der Waals surface area contributed by atoms with Crippen LogP contribution in [0, 0.1) is 0 Å². The average molecular weight is 420 g/mol. The van der Waals surface area contributed by atoms with Crippen molar-refractivity contribution in [2.24, 2.45) is 0 Å². The molecule has 0 fully saturated rings. The number of rotatable bonds is 8. The first-order valence-corrected chi connectivity index (χ1v) is 9.29. The first kappa shape index (κ1) is 20.0. The molecule has 6 heteroatoms. The van der Waals surface area contributed by atoms with Gasteiger partial charge >= 0.3 is 5.97 Å². The lowest BCUT2D eigenvalue weighted by molar-refractivity contribution is -0.122. The van der Waals surface area contributed by atoms with Crippen molar-refractivity contribution in [3.8, 4) is 5.75 Å². The van der Waals surface area contributed by atoms with Crippen LogP contribution in [0.25, 0.3) is 0 Å². The lowest BCUT2D eigenvalue weighted by Crippen LogP contribution is -2.30. The summed E-state index contributed by atoms with van der Waals surface area (Å²) in [6.07, 6.45) is 1.15. The Morgan fingerprint density at radius 1 is 1.15 bits per heavy atom. The van der Waals surface area contributed by atoms with Gasteiger partial charge in [0, 0.05) is 10.2 Å². The third-order valence-electron chi connectivity index (χ3n) is 3.60. The van der Waals surface area contributed by atoms with Crippen LogP contribution in [-0.2, 0) is 9.53 Å². The monoisotopic (exact) mass is 419 g/mol. The van der Waals surface area contributed by atoms with E-state index in [9.17, 15) is 9.59 Å². The van der Waals surface area contributed by atoms with Crippen LogP contribution in [-0.4, -0.2) is 24.6 Å². The highest BCUT2D eigenvalue weighted by Gasteiger charge is 2.15. The van der Waals surface area contributed by atoms with Gasteiger partial charge in [0.1, 0.15) is 5.75 Å². The quantitative estimate of drug-likeness (QED) is 0.492. The number of hydrogen-bond donors (Lipinski definition) is 1. The Kier molecular flexibility index (Phi) is 7.66. The summed E-state index contributed by atoms with van der Waals surface area (Å²) in [6, 6.07) is 13.9. The third-order valence-corrected chi connectivity index (χ3v) is 4.09. The first-order chi connectivity index (χ1) is 12.5. The van der Waals surface area contributed by atoms with E-state index >= 15 is 0 Å². The zero-order valence-electron chi connectivity index (χ0n) is 14.8. The summed E-state index contributed by atoms with van der Waals surface area (Å²) in [5.41, 5.74) is 1.04. The molecule has 2 rings (SSSR count). The number of halogens is 1. The van der Waals surface area contributed by atoms with Crippen LogP contribution < -0.4 is 10.1 Å². The molecule has 0 heterocycles. The largest absolute Gasteiger partial charge is 0.481 e. The summed E-state index contributed by atoms with van der Waals surface area (Å²) in [7, 11) is 0. The maximum absolute atomic E-state index is 12.3. The fourth-order valence-electron chi connectivity index (χ4n) is 2.12. The number of nitrogens with one attached hydrogen (secondary N) is 1. The maximum atomic E-state index is 12.3. The van der Waals surface area contributed by atoms with Gasteiger partial charge in [-0.05, 0) is 55.8 Å². The van der Waals surface area contributed by atoms with Crippen LogP contribution >= 0.6 is 15.9 Å². The Labute approximate surface area is 161 Å². The summed E-state index contributed by atoms with van der Waals surface area (Å²) < 4.78 is 11.7. The van der Waals surface area contributed by atoms with Crippen LogP contribution in [0.2, 0.25) is 0 Å². The number of carbonyl (C=O) groups is 2. The molecule has 1 amide bonds. The minimum Gasteiger partial charge on any atom is -0.481 e. The van der Waals surface area contributed by atoms with Crippen molar-refractivity contribution in [3.63, 3.8) is 0 Å². The van der Waals surface area contributed by atoms with Crippen LogP contribution in [0.15, 0.2) is 53.0 Å². The number of amides is 1. The second-order valence-corrected chi connectivity index (χ2v) is 6.69. The van der Waals surface area contributed by atoms with Crippen molar-refractivity contribution in [1.82, 2.24) is 0 Å². The highest BCUT2D eigenvalue weighted by atomic mass is 79.9. The molecule has 1 atom stereocenters. The van der Waals surface area contributed by atoms with Gasteiger partial charge in [0.05, 0.1) is 12.2 Å². The van der Waals surface area contributed by atoms with Gasteiger partial charge < -0.3 is 14.8 Å². The Balaban J connectivity index is 1.89. The van der Waals surface area contributed by atoms with E-state index in [2.05, 4.69) is 21.2 Å². The summed E-state index contributed by atoms with van der Waals surface area (Å²) in [5.74, 6) is -0.0295. The zero-order valence-corrected chi connectivity index (χ0v) is 16.4. The van der Waals surface area contributed by atoms with Gasteiger partial charge in [0.2, 0.25) is 0 Å². The molecule has 0 aliphatic rings. The number of benzene rings is 2. The maximum Gasteiger partial charge on any atom is 0.338 e. The third kappa shape index (κ3) is 6.19. The molecule has 0 radical (unpaired) electrons. The van der Waals surface area contributed by atoms with E-state index in [0.29, 0.717) is 23.6 Å². The molecule has 0 aliphatic heterocycles. The van der Waals surface area contributed by atoms with Crippen LogP contribution in [0.3, 0.4) is 0 Å². The van der Waals surface area contributed by atoms with E-state index in [1.807, 2.05) is 19.1 Å². The van der Waals surface area contributed by atoms with E-state index in [0.717, 1.165) is 17.3 Å². The van der Waals surface area contributed by atoms with Gasteiger partial charge in [-0.2, -0.15) is 0 Å². The molecular formula is C20H22BrNO4. The zero-order chi connectivity index (χ0) is 18.9. The Morgan fingerprint density at radius 2 is 1.88 bits per heavy atom. The number of carbonyl (C=O) groups excluding carboxylic acids is 2. The normalized spacial score (nSPS) is 11.5. The molecule has 5 nitrogen and oxygen atoms in total. The van der Waals surface area contributed by atoms with Crippen molar-refractivity contribution in [1.29, 1.82) is 0 Å². The highest BCUT2D eigenvalue weighted by molar-refractivity contribution is 9.10. The molecule has 0 saturated heterocycles. The topological polar surface area (TPSA) is 64.6 Å². The number of anilines is 1. The Bertz CT molecular complexity index is 746. The molecule has 0 spiro atoms. The summed E-state index contributed by atoms with van der Waals surface area (Å²) in [4.78, 5) is 24.1. The van der Waals surface area contributed by atoms with Crippen LogP contribution in [0.4, 0.5) is 5.69 Å². The lowest BCUT2D eigenvalue weighted by Gasteiger charge is -2.15. The molecule has 138 valence electrons. The van der Waals surface area contributed by atoms with Crippen molar-refractivity contribution >= 4 is 33.5 Å². The SMILES string of the molecule is CCCCOC(=O)c1ccc(NC(=O)[C@H](C)Oc2cccc(Br)c2)cc1. The van der Waals surface area contributed by atoms with Crippen molar-refractivity contribution < 1.29 is 19.1 Å². The molecule has 2 aromatic rings. The smallest absolute Gasteiger partial charge is 0.338 e. The summed E-state index contributed by atoms with van der Waals surface area (Å²) in [5, 5.41) is 2.77. The van der Waals surface area contributed by atoms with Gasteiger partial charge in [0.25, 0.3) is 5.91 Å². The van der Waals surface area contributed by atoms with Gasteiger partial charge in [-0.1, -0.05) is 35.3 Å². The Morgan fingerprint density at radius 3 is 2.54 bits per heavy atom. The number of ether oxygens (including phenoxy) is 2. The fourth-order valence-corrected chi connectivity index (χ4v) is 2.50. The van der Waals surface area contributed by atoms with Crippen molar-refractivity contribution in [2.75, 3.05) is 11.9 Å². The van der Waals surface area contributed by atoms with Crippen molar-refractivity contribution in [3.05, 3.63) is 58.6 Å². The first-order valence-electron chi connectivity index (χ1n) is 8.50. The Hall–Kier alpha value is -2.34. The standard InChI is InChI=1S/C20H22BrNO4/c1-3-4-12-25-20(24)15-8-10-17(11-9-15)22-19(23)14(2)26-18-7-5-6-16(21)13-18/h5-11,13-14H,3-4,12H2,1-2H3,(H,22,23)/t14-/m0/s1. The van der Waals surface area contributed by atoms with Gasteiger partial charge in [-0.3, -0.25) is 4.79 Å². The molecular weight excluding hydrogens is 398 g/mol. The van der Waals surface area contributed by atoms with E-state index in [4.69, 9.17) is 9.47 Å². The van der Waals surface area contributed by atoms with Crippen molar-refractivity contribution in [2.45, 2.75) is 32.8 Å². The summed E-state index contributed by atoms with van der Waals surface area (Å²) >= 11 is 3.36. The van der Waals surface area contributed by atoms with E-state index in [-0.39, 0.29) is 11.9 Å². The second-order valence-electron chi connectivity index (χ2n) is 5.77. The van der Waals surface area contributed by atoms with Gasteiger partial charge in [0.15, 0.2) is 6.10 Å². The minimum absolute atomic E-state index is 0.275. The van der Waals surface area contributed by atoms with Gasteiger partial charge in [-0.25, -0.2) is 4.79 Å². The van der Waals surface area contributed by atoms with E-state index in [1.54, 1.807) is 43.3 Å². The summed E-state index contributed by atoms with van der Waals surface area (Å²) in [6.45, 7) is 4.13. The number of hydrogen-bond acceptors (Lipinski definition) is 4. The van der Waals surface area contributed by atoms with Gasteiger partial charge in [-0.15, -0.1) is 0 Å². The predicted octanol–water partition coefficient (Wildman–Crippen LogP) is 4.81. The molecule has 1 N–H and O–H groups in total. The number of unbranched alkanes of at least 4 members (excludes halogenated alkanes) is 1. The highest BCUT2D eigenvalue weighted by Crippen LogP contribution is 2.19. The molecule has 0 aromatic heterocycles. The molecule has 0 saturated carbocycles. The van der Waals surface area contributed by atoms with E-state index in [1.165, 1.54) is 0 Å². The minimum atomic E-state index is -0.664. The predicted molar refractivity (Wildman–Crippen MR) is 104 cm³/mol. The average Bonchev–Trinajstić information content (AvgIpc) is 2.62. The molecule has 2 aromatic carbocycles. The molecule has 0 aliphatic carbocycles. The second kappa shape index (κ2) is 9.97. The molecule has 26 heavy (non-hydrogen) atoms. The van der Waals surface area contributed by atoms with Crippen LogP contribution in [0.5, 0.6) is 5.75 Å². The van der Waals surface area contributed by atoms with Crippen LogP contribution in [0.1, 0.15) is 37.0 Å². The molecule has 0 unspecified atom stereocenters. The van der Waals surface area contributed by atoms with E-state index < -0.39 is 6.10 Å². The number of esters is 1.